The fraction of sp³-hybridized carbons (Fsp3) is 0.474. The summed E-state index contributed by atoms with van der Waals surface area (Å²) < 4.78 is 37.8. The lowest BCUT2D eigenvalue weighted by Crippen LogP contribution is -2.39. The highest BCUT2D eigenvalue weighted by Gasteiger charge is 2.31. The minimum absolute atomic E-state index is 0.00761. The molecule has 0 aromatic heterocycles. The molecule has 0 aliphatic carbocycles. The van der Waals surface area contributed by atoms with Crippen LogP contribution in [0.25, 0.3) is 0 Å². The first-order valence-corrected chi connectivity index (χ1v) is 8.39. The van der Waals surface area contributed by atoms with Crippen LogP contribution in [0.4, 0.5) is 13.2 Å². The van der Waals surface area contributed by atoms with Crippen molar-refractivity contribution in [3.05, 3.63) is 47.0 Å². The summed E-state index contributed by atoms with van der Waals surface area (Å²) >= 11 is 0. The van der Waals surface area contributed by atoms with Gasteiger partial charge in [0.2, 0.25) is 0 Å². The summed E-state index contributed by atoms with van der Waals surface area (Å²) in [5, 5.41) is 8.94. The van der Waals surface area contributed by atoms with E-state index >= 15 is 0 Å². The van der Waals surface area contributed by atoms with Crippen LogP contribution in [-0.2, 0) is 11.0 Å². The summed E-state index contributed by atoms with van der Waals surface area (Å²) in [6, 6.07) is 6.97. The van der Waals surface area contributed by atoms with Crippen molar-refractivity contribution in [1.82, 2.24) is 4.90 Å². The van der Waals surface area contributed by atoms with Crippen LogP contribution in [0.1, 0.15) is 50.7 Å². The zero-order valence-electron chi connectivity index (χ0n) is 14.7. The Kier molecular flexibility index (Phi) is 7.69. The van der Waals surface area contributed by atoms with Crippen LogP contribution >= 0.6 is 0 Å². The van der Waals surface area contributed by atoms with Crippen molar-refractivity contribution < 1.29 is 18.0 Å². The molecule has 0 bridgehead atoms. The quantitative estimate of drug-likeness (QED) is 0.561. The van der Waals surface area contributed by atoms with Gasteiger partial charge in [0.1, 0.15) is 11.6 Å². The van der Waals surface area contributed by atoms with Gasteiger partial charge in [-0.05, 0) is 37.5 Å². The number of alkyl halides is 3. The molecule has 6 heteroatoms. The van der Waals surface area contributed by atoms with Gasteiger partial charge in [0.15, 0.2) is 0 Å². The second-order valence-corrected chi connectivity index (χ2v) is 5.52. The van der Waals surface area contributed by atoms with E-state index in [0.29, 0.717) is 13.1 Å². The summed E-state index contributed by atoms with van der Waals surface area (Å²) in [6.45, 7) is 6.62. The molecule has 0 radical (unpaired) electrons. The van der Waals surface area contributed by atoms with Crippen LogP contribution in [0.15, 0.2) is 35.9 Å². The number of carbonyl (C=O) groups excluding carboxylic acids is 1. The van der Waals surface area contributed by atoms with Crippen LogP contribution in [0.3, 0.4) is 0 Å². The van der Waals surface area contributed by atoms with E-state index in [9.17, 15) is 18.0 Å². The van der Waals surface area contributed by atoms with Crippen LogP contribution in [-0.4, -0.2) is 23.9 Å². The van der Waals surface area contributed by atoms with Gasteiger partial charge in [-0.1, -0.05) is 32.1 Å². The van der Waals surface area contributed by atoms with Crippen molar-refractivity contribution in [2.75, 3.05) is 13.1 Å². The molecule has 1 fully saturated rings. The first-order valence-electron chi connectivity index (χ1n) is 8.39. The van der Waals surface area contributed by atoms with E-state index in [4.69, 9.17) is 5.26 Å². The number of amides is 1. The first-order chi connectivity index (χ1) is 11.9. The molecular weight excluding hydrogens is 329 g/mol. The van der Waals surface area contributed by atoms with E-state index in [2.05, 4.69) is 0 Å². The molecule has 25 heavy (non-hydrogen) atoms. The Morgan fingerprint density at radius 2 is 1.88 bits per heavy atom. The van der Waals surface area contributed by atoms with Gasteiger partial charge in [-0.3, -0.25) is 4.79 Å². The Labute approximate surface area is 146 Å². The zero-order chi connectivity index (χ0) is 19.0. The third-order valence-corrected chi connectivity index (χ3v) is 4.06. The predicted octanol–water partition coefficient (Wildman–Crippen LogP) is 4.91. The van der Waals surface area contributed by atoms with Crippen molar-refractivity contribution in [2.24, 2.45) is 0 Å². The van der Waals surface area contributed by atoms with Crippen LogP contribution < -0.4 is 0 Å². The Morgan fingerprint density at radius 1 is 1.28 bits per heavy atom. The Balaban J connectivity index is 0.00000151. The third-order valence-electron chi connectivity index (χ3n) is 4.06. The molecule has 136 valence electrons. The van der Waals surface area contributed by atoms with E-state index in [0.717, 1.165) is 30.5 Å². The number of nitrogens with zero attached hydrogens (tertiary/aromatic N) is 2. The van der Waals surface area contributed by atoms with Gasteiger partial charge >= 0.3 is 6.18 Å². The molecule has 1 saturated heterocycles. The maximum absolute atomic E-state index is 12.6. The number of rotatable bonds is 2. The Hall–Kier alpha value is -2.29. The van der Waals surface area contributed by atoms with Crippen molar-refractivity contribution in [3.63, 3.8) is 0 Å². The number of allylic oxidation sites excluding steroid dienone is 1. The lowest BCUT2D eigenvalue weighted by atomic mass is 9.90. The molecule has 1 aromatic carbocycles. The summed E-state index contributed by atoms with van der Waals surface area (Å²) in [4.78, 5) is 13.8. The van der Waals surface area contributed by atoms with Gasteiger partial charge in [0.25, 0.3) is 5.91 Å². The molecule has 3 nitrogen and oxygen atoms in total. The van der Waals surface area contributed by atoms with Crippen molar-refractivity contribution in [1.29, 1.82) is 5.26 Å². The summed E-state index contributed by atoms with van der Waals surface area (Å²) in [7, 11) is 0. The Bertz CT molecular complexity index is 642. The van der Waals surface area contributed by atoms with Crippen LogP contribution in [0.5, 0.6) is 0 Å². The molecule has 1 aliphatic heterocycles. The minimum Gasteiger partial charge on any atom is -0.337 e. The smallest absolute Gasteiger partial charge is 0.337 e. The SMILES string of the molecule is C/C=C(\C#N)C(=O)N1CCCC(c2ccc(C(F)(F)F)cc2)C1.CC. The monoisotopic (exact) mass is 352 g/mol. The zero-order valence-corrected chi connectivity index (χ0v) is 14.7. The fourth-order valence-electron chi connectivity index (χ4n) is 2.78. The molecule has 2 rings (SSSR count). The number of hydrogen-bond acceptors (Lipinski definition) is 2. The van der Waals surface area contributed by atoms with Gasteiger partial charge in [0.05, 0.1) is 5.56 Å². The highest BCUT2D eigenvalue weighted by molar-refractivity contribution is 5.97. The average Bonchev–Trinajstić information content (AvgIpc) is 2.64. The molecule has 0 N–H and O–H groups in total. The topological polar surface area (TPSA) is 44.1 Å². The lowest BCUT2D eigenvalue weighted by Gasteiger charge is -2.33. The van der Waals surface area contributed by atoms with E-state index in [1.807, 2.05) is 19.9 Å². The van der Waals surface area contributed by atoms with Crippen molar-refractivity contribution in [2.45, 2.75) is 45.7 Å². The average molecular weight is 352 g/mol. The van der Waals surface area contributed by atoms with Crippen molar-refractivity contribution in [3.8, 4) is 6.07 Å². The van der Waals surface area contributed by atoms with E-state index in [-0.39, 0.29) is 17.4 Å². The second-order valence-electron chi connectivity index (χ2n) is 5.52. The number of likely N-dealkylation sites (tertiary alicyclic amines) is 1. The van der Waals surface area contributed by atoms with E-state index in [1.165, 1.54) is 18.2 Å². The van der Waals surface area contributed by atoms with Crippen molar-refractivity contribution >= 4 is 5.91 Å². The third kappa shape index (κ3) is 5.35. The predicted molar refractivity (Wildman–Crippen MR) is 90.7 cm³/mol. The summed E-state index contributed by atoms with van der Waals surface area (Å²) in [6.07, 6.45) is -1.29. The number of carbonyl (C=O) groups is 1. The molecule has 1 aliphatic rings. The van der Waals surface area contributed by atoms with E-state index < -0.39 is 11.7 Å². The number of piperidine rings is 1. The molecule has 1 atom stereocenters. The number of nitriles is 1. The molecule has 1 amide bonds. The maximum atomic E-state index is 12.6. The van der Waals surface area contributed by atoms with Gasteiger partial charge < -0.3 is 4.90 Å². The van der Waals surface area contributed by atoms with Gasteiger partial charge in [-0.15, -0.1) is 0 Å². The number of benzene rings is 1. The van der Waals surface area contributed by atoms with Gasteiger partial charge in [-0.25, -0.2) is 0 Å². The second kappa shape index (κ2) is 9.26. The molecule has 1 unspecified atom stereocenters. The first kappa shape index (κ1) is 20.8. The van der Waals surface area contributed by atoms with Gasteiger partial charge in [0, 0.05) is 19.0 Å². The highest BCUT2D eigenvalue weighted by atomic mass is 19.4. The normalized spacial score (nSPS) is 18.0. The Morgan fingerprint density at radius 3 is 2.36 bits per heavy atom. The minimum atomic E-state index is -4.35. The van der Waals surface area contributed by atoms with Crippen LogP contribution in [0.2, 0.25) is 0 Å². The molecule has 0 spiro atoms. The molecular formula is C19H23F3N2O. The summed E-state index contributed by atoms with van der Waals surface area (Å²) in [5.41, 5.74) is 0.207. The van der Waals surface area contributed by atoms with Gasteiger partial charge in [-0.2, -0.15) is 18.4 Å². The molecule has 0 saturated carbocycles. The molecule has 1 aromatic rings. The summed E-state index contributed by atoms with van der Waals surface area (Å²) in [5.74, 6) is -0.321. The highest BCUT2D eigenvalue weighted by Crippen LogP contribution is 2.32. The van der Waals surface area contributed by atoms with Crippen LogP contribution in [0, 0.1) is 11.3 Å². The maximum Gasteiger partial charge on any atom is 0.416 e. The number of halogens is 3. The molecule has 1 heterocycles. The fourth-order valence-corrected chi connectivity index (χ4v) is 2.78. The standard InChI is InChI=1S/C17H17F3N2O.C2H6/c1-2-12(10-21)16(23)22-9-3-4-14(11-22)13-5-7-15(8-6-13)17(18,19)20;1-2/h2,5-8,14H,3-4,9,11H2,1H3;1-2H3/b12-2+;. The number of hydrogen-bond donors (Lipinski definition) is 0. The van der Waals surface area contributed by atoms with E-state index in [1.54, 1.807) is 11.8 Å². The largest absolute Gasteiger partial charge is 0.416 e. The lowest BCUT2D eigenvalue weighted by molar-refractivity contribution is -0.137.